The van der Waals surface area contributed by atoms with Crippen molar-refractivity contribution in [1.82, 2.24) is 19.8 Å². The molecule has 2 amide bonds. The van der Waals surface area contributed by atoms with Crippen LogP contribution in [0.4, 0.5) is 4.79 Å². The number of para-hydroxylation sites is 2. The lowest BCUT2D eigenvalue weighted by Gasteiger charge is -2.37. The fourth-order valence-electron chi connectivity index (χ4n) is 4.72. The Balaban J connectivity index is 1.28. The average Bonchev–Trinajstić information content (AvgIpc) is 3.12. The van der Waals surface area contributed by atoms with Crippen LogP contribution in [0.25, 0.3) is 11.0 Å². The molecule has 0 bridgehead atoms. The van der Waals surface area contributed by atoms with Gasteiger partial charge in [0.15, 0.2) is 5.69 Å². The first-order chi connectivity index (χ1) is 15.5. The van der Waals surface area contributed by atoms with E-state index in [1.165, 1.54) is 0 Å². The number of aromatic nitrogens is 2. The fourth-order valence-corrected chi connectivity index (χ4v) is 4.72. The van der Waals surface area contributed by atoms with E-state index in [1.54, 1.807) is 28.0 Å². The molecule has 2 aromatic carbocycles. The van der Waals surface area contributed by atoms with Crippen molar-refractivity contribution in [1.29, 1.82) is 0 Å². The highest BCUT2D eigenvalue weighted by atomic mass is 16.6. The van der Waals surface area contributed by atoms with E-state index in [-0.39, 0.29) is 35.9 Å². The predicted octanol–water partition coefficient (Wildman–Crippen LogP) is 3.11. The monoisotopic (exact) mass is 432 g/mol. The largest absolute Gasteiger partial charge is 0.439 e. The van der Waals surface area contributed by atoms with Crippen molar-refractivity contribution in [2.24, 2.45) is 0 Å². The molecule has 0 unspecified atom stereocenters. The number of piperidine rings is 1. The first kappa shape index (κ1) is 20.2. The Bertz CT molecular complexity index is 1220. The third-order valence-corrected chi connectivity index (χ3v) is 6.39. The minimum Gasteiger partial charge on any atom is -0.439 e. The van der Waals surface area contributed by atoms with Gasteiger partial charge < -0.3 is 14.6 Å². The Morgan fingerprint density at radius 1 is 1.03 bits per heavy atom. The summed E-state index contributed by atoms with van der Waals surface area (Å²) in [5.74, 6) is -0.380. The van der Waals surface area contributed by atoms with Crippen LogP contribution in [0.2, 0.25) is 0 Å². The average molecular weight is 432 g/mol. The molecule has 0 spiro atoms. The maximum atomic E-state index is 13.0. The van der Waals surface area contributed by atoms with Gasteiger partial charge in [0.2, 0.25) is 0 Å². The van der Waals surface area contributed by atoms with Gasteiger partial charge in [0.25, 0.3) is 11.5 Å². The Hall–Kier alpha value is -3.68. The lowest BCUT2D eigenvalue weighted by atomic mass is 9.98. The molecule has 2 saturated heterocycles. The number of amides is 2. The standard InChI is InChI=1S/C24H24N4O4/c1-15-21(16-7-3-2-4-8-16)32-24(31)28(15)17-11-13-27(14-12-17)23(30)20-22(29)26-19-10-6-5-9-18(19)25-20/h2-10,15,17,21H,11-14H2,1H3,(H,26,29)/t15-,21-/m1/s1. The molecule has 32 heavy (non-hydrogen) atoms. The number of rotatable bonds is 3. The van der Waals surface area contributed by atoms with Crippen LogP contribution in [-0.4, -0.2) is 56.9 Å². The predicted molar refractivity (Wildman–Crippen MR) is 118 cm³/mol. The summed E-state index contributed by atoms with van der Waals surface area (Å²) in [5, 5.41) is 0. The maximum absolute atomic E-state index is 13.0. The molecule has 1 aromatic heterocycles. The van der Waals surface area contributed by atoms with Gasteiger partial charge in [0.1, 0.15) is 6.10 Å². The van der Waals surface area contributed by atoms with Crippen LogP contribution in [-0.2, 0) is 4.74 Å². The lowest BCUT2D eigenvalue weighted by Crippen LogP contribution is -2.50. The zero-order valence-electron chi connectivity index (χ0n) is 17.7. The van der Waals surface area contributed by atoms with E-state index in [9.17, 15) is 14.4 Å². The number of likely N-dealkylation sites (tertiary alicyclic amines) is 1. The van der Waals surface area contributed by atoms with Crippen molar-refractivity contribution in [3.05, 3.63) is 76.2 Å². The molecular formula is C24H24N4O4. The van der Waals surface area contributed by atoms with Gasteiger partial charge in [-0.15, -0.1) is 0 Å². The van der Waals surface area contributed by atoms with Gasteiger partial charge in [0, 0.05) is 19.1 Å². The quantitative estimate of drug-likeness (QED) is 0.686. The lowest BCUT2D eigenvalue weighted by molar-refractivity contribution is 0.0633. The first-order valence-electron chi connectivity index (χ1n) is 10.8. The van der Waals surface area contributed by atoms with Gasteiger partial charge in [-0.2, -0.15) is 0 Å². The van der Waals surface area contributed by atoms with Crippen LogP contribution in [0, 0.1) is 0 Å². The van der Waals surface area contributed by atoms with Crippen LogP contribution in [0.1, 0.15) is 41.9 Å². The van der Waals surface area contributed by atoms with E-state index in [0.29, 0.717) is 37.0 Å². The molecule has 0 radical (unpaired) electrons. The van der Waals surface area contributed by atoms with Crippen molar-refractivity contribution >= 4 is 23.0 Å². The summed E-state index contributed by atoms with van der Waals surface area (Å²) in [6.07, 6.45) is 0.628. The number of aromatic amines is 1. The molecule has 164 valence electrons. The number of benzene rings is 2. The van der Waals surface area contributed by atoms with Crippen LogP contribution >= 0.6 is 0 Å². The molecule has 0 saturated carbocycles. The second-order valence-corrected chi connectivity index (χ2v) is 8.32. The third kappa shape index (κ3) is 3.51. The van der Waals surface area contributed by atoms with E-state index in [4.69, 9.17) is 4.74 Å². The van der Waals surface area contributed by atoms with Gasteiger partial charge >= 0.3 is 6.09 Å². The molecule has 1 N–H and O–H groups in total. The van der Waals surface area contributed by atoms with Crippen LogP contribution in [0.5, 0.6) is 0 Å². The molecular weight excluding hydrogens is 408 g/mol. The minimum absolute atomic E-state index is 0.0156. The van der Waals surface area contributed by atoms with Crippen LogP contribution < -0.4 is 5.56 Å². The summed E-state index contributed by atoms with van der Waals surface area (Å²) < 4.78 is 5.68. The molecule has 2 aliphatic rings. The number of H-pyrrole nitrogens is 1. The maximum Gasteiger partial charge on any atom is 0.411 e. The van der Waals surface area contributed by atoms with E-state index < -0.39 is 5.56 Å². The second-order valence-electron chi connectivity index (χ2n) is 8.32. The molecule has 3 aromatic rings. The highest BCUT2D eigenvalue weighted by molar-refractivity contribution is 5.93. The van der Waals surface area contributed by atoms with Gasteiger partial charge in [-0.3, -0.25) is 14.5 Å². The molecule has 8 heteroatoms. The number of ether oxygens (including phenoxy) is 1. The van der Waals surface area contributed by atoms with E-state index in [2.05, 4.69) is 9.97 Å². The van der Waals surface area contributed by atoms with Crippen molar-refractivity contribution in [3.8, 4) is 0 Å². The number of nitrogens with zero attached hydrogens (tertiary/aromatic N) is 3. The molecule has 5 rings (SSSR count). The number of hydrogen-bond donors (Lipinski definition) is 1. The zero-order chi connectivity index (χ0) is 22.2. The Morgan fingerprint density at radius 3 is 2.47 bits per heavy atom. The summed E-state index contributed by atoms with van der Waals surface area (Å²) >= 11 is 0. The number of carbonyl (C=O) groups is 2. The highest BCUT2D eigenvalue weighted by Crippen LogP contribution is 2.35. The Labute approximate surface area is 184 Å². The molecule has 3 heterocycles. The number of fused-ring (bicyclic) bond motifs is 1. The normalized spacial score (nSPS) is 21.7. The Kier molecular flexibility index (Phi) is 5.13. The summed E-state index contributed by atoms with van der Waals surface area (Å²) in [4.78, 5) is 48.5. The van der Waals surface area contributed by atoms with Crippen molar-refractivity contribution in [3.63, 3.8) is 0 Å². The molecule has 2 fully saturated rings. The van der Waals surface area contributed by atoms with E-state index in [0.717, 1.165) is 5.56 Å². The topological polar surface area (TPSA) is 95.6 Å². The van der Waals surface area contributed by atoms with Gasteiger partial charge in [-0.05, 0) is 37.5 Å². The van der Waals surface area contributed by atoms with Crippen molar-refractivity contribution in [2.75, 3.05) is 13.1 Å². The molecule has 0 aliphatic carbocycles. The summed E-state index contributed by atoms with van der Waals surface area (Å²) in [7, 11) is 0. The highest BCUT2D eigenvalue weighted by Gasteiger charge is 2.44. The molecule has 2 aliphatic heterocycles. The molecule has 2 atom stereocenters. The first-order valence-corrected chi connectivity index (χ1v) is 10.8. The van der Waals surface area contributed by atoms with Crippen LogP contribution in [0.15, 0.2) is 59.4 Å². The number of cyclic esters (lactones) is 1. The van der Waals surface area contributed by atoms with Gasteiger partial charge in [-0.1, -0.05) is 42.5 Å². The van der Waals surface area contributed by atoms with Gasteiger partial charge in [-0.25, -0.2) is 9.78 Å². The zero-order valence-corrected chi connectivity index (χ0v) is 17.7. The van der Waals surface area contributed by atoms with Crippen molar-refractivity contribution < 1.29 is 14.3 Å². The minimum atomic E-state index is -0.488. The van der Waals surface area contributed by atoms with E-state index >= 15 is 0 Å². The van der Waals surface area contributed by atoms with E-state index in [1.807, 2.05) is 43.3 Å². The van der Waals surface area contributed by atoms with Gasteiger partial charge in [0.05, 0.1) is 17.1 Å². The SMILES string of the molecule is C[C@@H]1[C@H](c2ccccc2)OC(=O)N1C1CCN(C(=O)c2nc3ccccc3[nH]c2=O)CC1. The number of nitrogens with one attached hydrogen (secondary N) is 1. The van der Waals surface area contributed by atoms with Crippen molar-refractivity contribution in [2.45, 2.75) is 38.0 Å². The third-order valence-electron chi connectivity index (χ3n) is 6.39. The summed E-state index contributed by atoms with van der Waals surface area (Å²) in [5.41, 5.74) is 1.57. The Morgan fingerprint density at radius 2 is 1.72 bits per heavy atom. The number of carbonyl (C=O) groups excluding carboxylic acids is 2. The summed E-state index contributed by atoms with van der Waals surface area (Å²) in [6, 6.07) is 16.8. The second kappa shape index (κ2) is 8.11. The smallest absolute Gasteiger partial charge is 0.411 e. The number of hydrogen-bond acceptors (Lipinski definition) is 5. The fraction of sp³-hybridized carbons (Fsp3) is 0.333. The molecule has 8 nitrogen and oxygen atoms in total. The summed E-state index contributed by atoms with van der Waals surface area (Å²) in [6.45, 7) is 2.90. The van der Waals surface area contributed by atoms with Crippen LogP contribution in [0.3, 0.4) is 0 Å².